The maximum Gasteiger partial charge on any atom is 0.261 e. The number of carbonyl (C=O) groups is 1. The Bertz CT molecular complexity index is 933. The van der Waals surface area contributed by atoms with Gasteiger partial charge in [-0.05, 0) is 55.3 Å². The van der Waals surface area contributed by atoms with Crippen LogP contribution in [0.15, 0.2) is 51.8 Å². The number of sulfonamides is 1. The Morgan fingerprint density at radius 3 is 2.36 bits per heavy atom. The summed E-state index contributed by atoms with van der Waals surface area (Å²) in [6, 6.07) is 9.56. The van der Waals surface area contributed by atoms with Gasteiger partial charge in [-0.15, -0.1) is 0 Å². The molecule has 1 amide bonds. The molecule has 2 N–H and O–H groups in total. The van der Waals surface area contributed by atoms with E-state index in [0.29, 0.717) is 22.7 Å². The molecular weight excluding hydrogens is 451 g/mol. The van der Waals surface area contributed by atoms with Gasteiger partial charge in [-0.25, -0.2) is 12.8 Å². The third-order valence-electron chi connectivity index (χ3n) is 3.68. The van der Waals surface area contributed by atoms with Gasteiger partial charge in [0.2, 0.25) is 0 Å². The van der Waals surface area contributed by atoms with Gasteiger partial charge >= 0.3 is 0 Å². The van der Waals surface area contributed by atoms with Crippen LogP contribution < -0.4 is 14.8 Å². The van der Waals surface area contributed by atoms with Gasteiger partial charge in [-0.2, -0.15) is 0 Å². The minimum Gasteiger partial charge on any atom is -0.481 e. The van der Waals surface area contributed by atoms with E-state index in [4.69, 9.17) is 4.74 Å². The Hall–Kier alpha value is -2.13. The molecule has 2 aromatic carbocycles. The first kappa shape index (κ1) is 22.2. The molecule has 28 heavy (non-hydrogen) atoms. The van der Waals surface area contributed by atoms with E-state index in [1.807, 2.05) is 13.8 Å². The highest BCUT2D eigenvalue weighted by Crippen LogP contribution is 2.24. The average Bonchev–Trinajstić information content (AvgIpc) is 2.62. The molecule has 0 bridgehead atoms. The van der Waals surface area contributed by atoms with Gasteiger partial charge < -0.3 is 10.1 Å². The zero-order chi connectivity index (χ0) is 20.9. The van der Waals surface area contributed by atoms with Crippen molar-refractivity contribution in [3.05, 3.63) is 52.8 Å². The first-order chi connectivity index (χ1) is 13.1. The number of carbonyl (C=O) groups excluding carboxylic acids is 1. The fourth-order valence-electron chi connectivity index (χ4n) is 2.18. The van der Waals surface area contributed by atoms with Gasteiger partial charge in [-0.1, -0.05) is 29.8 Å². The number of halogens is 2. The third-order valence-corrected chi connectivity index (χ3v) is 5.55. The molecule has 2 aromatic rings. The minimum atomic E-state index is -3.97. The minimum absolute atomic E-state index is 0.0564. The topological polar surface area (TPSA) is 84.5 Å². The van der Waals surface area contributed by atoms with Crippen molar-refractivity contribution >= 4 is 37.5 Å². The van der Waals surface area contributed by atoms with Crippen molar-refractivity contribution in [2.75, 3.05) is 11.3 Å². The lowest BCUT2D eigenvalue weighted by Gasteiger charge is -2.16. The van der Waals surface area contributed by atoms with Crippen LogP contribution >= 0.6 is 15.9 Å². The molecule has 152 valence electrons. The highest BCUT2D eigenvalue weighted by Gasteiger charge is 2.18. The van der Waals surface area contributed by atoms with Crippen LogP contribution in [0.2, 0.25) is 0 Å². The van der Waals surface area contributed by atoms with Crippen molar-refractivity contribution in [2.24, 2.45) is 5.92 Å². The summed E-state index contributed by atoms with van der Waals surface area (Å²) < 4.78 is 47.0. The lowest BCUT2D eigenvalue weighted by molar-refractivity contribution is -0.127. The van der Waals surface area contributed by atoms with Gasteiger partial charge in [0.05, 0.1) is 10.6 Å². The monoisotopic (exact) mass is 472 g/mol. The normalized spacial score (nSPS) is 12.5. The summed E-state index contributed by atoms with van der Waals surface area (Å²) in [5, 5.41) is 2.77. The van der Waals surface area contributed by atoms with Gasteiger partial charge in [0.1, 0.15) is 11.6 Å². The van der Waals surface area contributed by atoms with E-state index < -0.39 is 21.9 Å². The Labute approximate surface area is 172 Å². The first-order valence-electron chi connectivity index (χ1n) is 8.61. The van der Waals surface area contributed by atoms with Crippen molar-refractivity contribution in [1.29, 1.82) is 0 Å². The van der Waals surface area contributed by atoms with E-state index in [1.54, 1.807) is 6.92 Å². The number of amides is 1. The molecule has 0 heterocycles. The Kier molecular flexibility index (Phi) is 7.42. The summed E-state index contributed by atoms with van der Waals surface area (Å²) in [6.07, 6.45) is -0.726. The number of rotatable bonds is 8. The molecule has 0 saturated carbocycles. The smallest absolute Gasteiger partial charge is 0.261 e. The van der Waals surface area contributed by atoms with Gasteiger partial charge in [-0.3, -0.25) is 9.52 Å². The summed E-state index contributed by atoms with van der Waals surface area (Å²) >= 11 is 3.12. The maximum atomic E-state index is 13.9. The first-order valence-corrected chi connectivity index (χ1v) is 10.9. The molecular formula is C19H22BrFN2O4S. The Morgan fingerprint density at radius 1 is 1.14 bits per heavy atom. The van der Waals surface area contributed by atoms with E-state index in [-0.39, 0.29) is 16.5 Å². The number of hydrogen-bond donors (Lipinski definition) is 2. The summed E-state index contributed by atoms with van der Waals surface area (Å²) in [4.78, 5) is 11.9. The van der Waals surface area contributed by atoms with Gasteiger partial charge in [0.25, 0.3) is 15.9 Å². The van der Waals surface area contributed by atoms with Crippen molar-refractivity contribution < 1.29 is 22.3 Å². The summed E-state index contributed by atoms with van der Waals surface area (Å²) in [6.45, 7) is 6.12. The number of benzene rings is 2. The molecule has 6 nitrogen and oxygen atoms in total. The molecule has 1 atom stereocenters. The van der Waals surface area contributed by atoms with E-state index >= 15 is 0 Å². The fraction of sp³-hybridized carbons (Fsp3) is 0.316. The highest BCUT2D eigenvalue weighted by molar-refractivity contribution is 9.10. The fourth-order valence-corrected chi connectivity index (χ4v) is 3.58. The van der Waals surface area contributed by atoms with Crippen LogP contribution in [0.3, 0.4) is 0 Å². The Morgan fingerprint density at radius 2 is 1.79 bits per heavy atom. The summed E-state index contributed by atoms with van der Waals surface area (Å²) in [5.41, 5.74) is -0.154. The van der Waals surface area contributed by atoms with E-state index in [9.17, 15) is 17.6 Å². The van der Waals surface area contributed by atoms with E-state index in [2.05, 4.69) is 26.0 Å². The molecule has 0 aliphatic carbocycles. The number of anilines is 1. The van der Waals surface area contributed by atoms with Crippen LogP contribution in [0.5, 0.6) is 5.75 Å². The van der Waals surface area contributed by atoms with Crippen molar-refractivity contribution in [1.82, 2.24) is 5.32 Å². The maximum absolute atomic E-state index is 13.9. The number of nitrogens with one attached hydrogen (secondary N) is 2. The predicted octanol–water partition coefficient (Wildman–Crippen LogP) is 3.93. The zero-order valence-electron chi connectivity index (χ0n) is 15.7. The Balaban J connectivity index is 2.05. The van der Waals surface area contributed by atoms with Gasteiger partial charge in [0.15, 0.2) is 6.10 Å². The second-order valence-corrected chi connectivity index (χ2v) is 9.20. The number of ether oxygens (including phenoxy) is 1. The molecule has 0 radical (unpaired) electrons. The van der Waals surface area contributed by atoms with Crippen LogP contribution in [0.25, 0.3) is 0 Å². The quantitative estimate of drug-likeness (QED) is 0.609. The van der Waals surface area contributed by atoms with Crippen molar-refractivity contribution in [3.63, 3.8) is 0 Å². The molecule has 0 spiro atoms. The summed E-state index contributed by atoms with van der Waals surface area (Å²) in [7, 11) is -3.97. The largest absolute Gasteiger partial charge is 0.481 e. The molecule has 0 aromatic heterocycles. The zero-order valence-corrected chi connectivity index (χ0v) is 18.1. The molecule has 0 aliphatic rings. The predicted molar refractivity (Wildman–Crippen MR) is 109 cm³/mol. The van der Waals surface area contributed by atoms with Crippen LogP contribution in [-0.2, 0) is 14.8 Å². The van der Waals surface area contributed by atoms with Crippen molar-refractivity contribution in [3.8, 4) is 5.75 Å². The molecule has 0 unspecified atom stereocenters. The van der Waals surface area contributed by atoms with E-state index in [0.717, 1.165) is 0 Å². The lowest BCUT2D eigenvalue weighted by atomic mass is 10.2. The van der Waals surface area contributed by atoms with E-state index in [1.165, 1.54) is 42.5 Å². The molecule has 2 rings (SSSR count). The molecule has 0 aliphatic heterocycles. The number of hydrogen-bond acceptors (Lipinski definition) is 4. The molecule has 0 saturated heterocycles. The van der Waals surface area contributed by atoms with Crippen LogP contribution in [0.4, 0.5) is 10.1 Å². The summed E-state index contributed by atoms with van der Waals surface area (Å²) in [5.74, 6) is -0.276. The third kappa shape index (κ3) is 6.20. The average molecular weight is 473 g/mol. The lowest BCUT2D eigenvalue weighted by Crippen LogP contribution is -2.38. The van der Waals surface area contributed by atoms with Crippen molar-refractivity contribution in [2.45, 2.75) is 31.8 Å². The molecule has 9 heteroatoms. The highest BCUT2D eigenvalue weighted by atomic mass is 79.9. The second-order valence-electron chi connectivity index (χ2n) is 6.60. The second kappa shape index (κ2) is 9.38. The van der Waals surface area contributed by atoms with Crippen LogP contribution in [0.1, 0.15) is 20.8 Å². The SMILES string of the molecule is CC(C)CNC(=O)[C@@H](C)Oc1ccc(S(=O)(=O)Nc2ccc(Br)cc2F)cc1. The standard InChI is InChI=1S/C19H22BrFN2O4S/c1-12(2)11-22-19(24)13(3)27-15-5-7-16(8-6-15)28(25,26)23-18-9-4-14(20)10-17(18)21/h4-10,12-13,23H,11H2,1-3H3,(H,22,24)/t13-/m1/s1. The van der Waals surface area contributed by atoms with Gasteiger partial charge in [0, 0.05) is 11.0 Å². The molecule has 0 fully saturated rings. The van der Waals surface area contributed by atoms with Crippen LogP contribution in [-0.4, -0.2) is 27.0 Å². The van der Waals surface area contributed by atoms with Crippen LogP contribution in [0, 0.1) is 11.7 Å².